The van der Waals surface area contributed by atoms with Crippen molar-refractivity contribution in [2.24, 2.45) is 0 Å². The van der Waals surface area contributed by atoms with E-state index in [9.17, 15) is 4.79 Å². The summed E-state index contributed by atoms with van der Waals surface area (Å²) in [7, 11) is 1.88. The summed E-state index contributed by atoms with van der Waals surface area (Å²) in [5.74, 6) is 0.666. The highest BCUT2D eigenvalue weighted by atomic mass is 32.2. The Morgan fingerprint density at radius 2 is 2.38 bits per heavy atom. The van der Waals surface area contributed by atoms with Gasteiger partial charge in [-0.3, -0.25) is 4.79 Å². The lowest BCUT2D eigenvalue weighted by atomic mass is 10.2. The summed E-state index contributed by atoms with van der Waals surface area (Å²) in [6.07, 6.45) is 0. The second-order valence-corrected chi connectivity index (χ2v) is 4.68. The van der Waals surface area contributed by atoms with Gasteiger partial charge in [0.15, 0.2) is 0 Å². The Hall–Kier alpha value is -1.20. The van der Waals surface area contributed by atoms with E-state index in [0.29, 0.717) is 18.0 Å². The number of nitrogen functional groups attached to an aromatic ring is 1. The molecule has 0 aliphatic carbocycles. The lowest BCUT2D eigenvalue weighted by Crippen LogP contribution is -2.39. The van der Waals surface area contributed by atoms with E-state index >= 15 is 0 Å². The van der Waals surface area contributed by atoms with Gasteiger partial charge in [0.2, 0.25) is 5.91 Å². The molecule has 0 saturated heterocycles. The van der Waals surface area contributed by atoms with Crippen molar-refractivity contribution in [3.63, 3.8) is 0 Å². The minimum Gasteiger partial charge on any atom is -0.399 e. The van der Waals surface area contributed by atoms with Crippen molar-refractivity contribution < 1.29 is 4.79 Å². The zero-order chi connectivity index (χ0) is 11.5. The van der Waals surface area contributed by atoms with Crippen molar-refractivity contribution in [1.29, 1.82) is 0 Å². The number of nitrogens with two attached hydrogens (primary N) is 1. The highest BCUT2D eigenvalue weighted by molar-refractivity contribution is 8.00. The normalized spacial score (nSPS) is 15.1. The average molecular weight is 237 g/mol. The van der Waals surface area contributed by atoms with E-state index in [1.165, 1.54) is 0 Å². The van der Waals surface area contributed by atoms with Crippen LogP contribution in [0.5, 0.6) is 0 Å². The zero-order valence-corrected chi connectivity index (χ0v) is 10.0. The molecule has 0 aromatic heterocycles. The Balaban J connectivity index is 2.31. The molecule has 0 saturated carbocycles. The van der Waals surface area contributed by atoms with E-state index in [-0.39, 0.29) is 5.91 Å². The number of nitrogens with one attached hydrogen (secondary N) is 1. The number of benzene rings is 1. The predicted octanol–water partition coefficient (Wildman–Crippen LogP) is 0.927. The molecule has 0 spiro atoms. The highest BCUT2D eigenvalue weighted by Gasteiger charge is 2.24. The number of fused-ring (bicyclic) bond motifs is 1. The Morgan fingerprint density at radius 3 is 3.12 bits per heavy atom. The van der Waals surface area contributed by atoms with E-state index in [1.807, 2.05) is 25.2 Å². The molecule has 4 nitrogen and oxygen atoms in total. The minimum atomic E-state index is 0.151. The largest absolute Gasteiger partial charge is 0.399 e. The molecule has 0 atom stereocenters. The van der Waals surface area contributed by atoms with Crippen molar-refractivity contribution in [2.75, 3.05) is 36.5 Å². The van der Waals surface area contributed by atoms with E-state index in [4.69, 9.17) is 5.73 Å². The molecule has 1 amide bonds. The molecule has 1 aliphatic heterocycles. The van der Waals surface area contributed by atoms with Crippen LogP contribution in [0.3, 0.4) is 0 Å². The van der Waals surface area contributed by atoms with Crippen molar-refractivity contribution in [3.05, 3.63) is 18.2 Å². The fraction of sp³-hybridized carbons (Fsp3) is 0.364. The zero-order valence-electron chi connectivity index (χ0n) is 9.19. The number of likely N-dealkylation sites (N-methyl/N-ethyl adjacent to an activating group) is 1. The first-order valence-corrected chi connectivity index (χ1v) is 6.18. The van der Waals surface area contributed by atoms with Crippen LogP contribution in [0.4, 0.5) is 11.4 Å². The SMILES string of the molecule is CNCCN1C(=O)CSc2ccc(N)cc21. The molecule has 0 radical (unpaired) electrons. The van der Waals surface area contributed by atoms with Crippen molar-refractivity contribution in [3.8, 4) is 0 Å². The minimum absolute atomic E-state index is 0.151. The third kappa shape index (κ3) is 2.15. The maximum absolute atomic E-state index is 11.8. The molecular weight excluding hydrogens is 222 g/mol. The van der Waals surface area contributed by atoms with E-state index < -0.39 is 0 Å². The first-order valence-electron chi connectivity index (χ1n) is 5.19. The number of hydrogen-bond donors (Lipinski definition) is 2. The maximum atomic E-state index is 11.8. The van der Waals surface area contributed by atoms with Gasteiger partial charge in [0, 0.05) is 23.7 Å². The number of rotatable bonds is 3. The van der Waals surface area contributed by atoms with Crippen LogP contribution in [-0.2, 0) is 4.79 Å². The topological polar surface area (TPSA) is 58.4 Å². The van der Waals surface area contributed by atoms with Gasteiger partial charge in [-0.2, -0.15) is 0 Å². The number of thioether (sulfide) groups is 1. The van der Waals surface area contributed by atoms with Gasteiger partial charge in [-0.15, -0.1) is 11.8 Å². The van der Waals surface area contributed by atoms with Crippen LogP contribution in [-0.4, -0.2) is 31.8 Å². The molecule has 0 bridgehead atoms. The van der Waals surface area contributed by atoms with Crippen molar-refractivity contribution >= 4 is 29.0 Å². The van der Waals surface area contributed by atoms with Gasteiger partial charge in [0.1, 0.15) is 0 Å². The van der Waals surface area contributed by atoms with Crippen LogP contribution in [0, 0.1) is 0 Å². The van der Waals surface area contributed by atoms with Crippen LogP contribution in [0.1, 0.15) is 0 Å². The number of amides is 1. The standard InChI is InChI=1S/C11H15N3OS/c1-13-4-5-14-9-6-8(12)2-3-10(9)16-7-11(14)15/h2-3,6,13H,4-5,7,12H2,1H3. The van der Waals surface area contributed by atoms with Crippen LogP contribution >= 0.6 is 11.8 Å². The summed E-state index contributed by atoms with van der Waals surface area (Å²) in [5, 5.41) is 3.05. The van der Waals surface area contributed by atoms with Crippen molar-refractivity contribution in [1.82, 2.24) is 5.32 Å². The molecular formula is C11H15N3OS. The smallest absolute Gasteiger partial charge is 0.237 e. The molecule has 0 unspecified atom stereocenters. The number of carbonyl (C=O) groups is 1. The lowest BCUT2D eigenvalue weighted by Gasteiger charge is -2.29. The Bertz CT molecular complexity index is 408. The second kappa shape index (κ2) is 4.76. The first-order chi connectivity index (χ1) is 7.72. The molecule has 16 heavy (non-hydrogen) atoms. The predicted molar refractivity (Wildman–Crippen MR) is 67.9 cm³/mol. The third-order valence-corrected chi connectivity index (χ3v) is 3.56. The van der Waals surface area contributed by atoms with Gasteiger partial charge >= 0.3 is 0 Å². The summed E-state index contributed by atoms with van der Waals surface area (Å²) in [5.41, 5.74) is 7.39. The quantitative estimate of drug-likeness (QED) is 0.768. The van der Waals surface area contributed by atoms with Gasteiger partial charge in [-0.25, -0.2) is 0 Å². The van der Waals surface area contributed by atoms with Gasteiger partial charge in [-0.1, -0.05) is 0 Å². The molecule has 86 valence electrons. The number of anilines is 2. The van der Waals surface area contributed by atoms with E-state index in [1.54, 1.807) is 16.7 Å². The fourth-order valence-corrected chi connectivity index (χ4v) is 2.60. The Morgan fingerprint density at radius 1 is 1.56 bits per heavy atom. The van der Waals surface area contributed by atoms with Gasteiger partial charge in [0.05, 0.1) is 11.4 Å². The average Bonchev–Trinajstić information content (AvgIpc) is 2.28. The Labute approximate surface area is 99.2 Å². The van der Waals surface area contributed by atoms with Crippen molar-refractivity contribution in [2.45, 2.75) is 4.90 Å². The highest BCUT2D eigenvalue weighted by Crippen LogP contribution is 2.36. The number of carbonyl (C=O) groups excluding carboxylic acids is 1. The van der Waals surface area contributed by atoms with Gasteiger partial charge in [0.25, 0.3) is 0 Å². The maximum Gasteiger partial charge on any atom is 0.237 e. The van der Waals surface area contributed by atoms with E-state index in [0.717, 1.165) is 17.1 Å². The van der Waals surface area contributed by atoms with Crippen LogP contribution in [0.15, 0.2) is 23.1 Å². The summed E-state index contributed by atoms with van der Waals surface area (Å²) in [6.45, 7) is 1.47. The molecule has 2 rings (SSSR count). The molecule has 1 aromatic rings. The molecule has 0 fully saturated rings. The van der Waals surface area contributed by atoms with Crippen LogP contribution < -0.4 is 16.0 Å². The molecule has 1 heterocycles. The summed E-state index contributed by atoms with van der Waals surface area (Å²) in [4.78, 5) is 14.7. The van der Waals surface area contributed by atoms with Gasteiger partial charge in [-0.05, 0) is 25.2 Å². The molecule has 3 N–H and O–H groups in total. The molecule has 1 aromatic carbocycles. The molecule has 5 heteroatoms. The second-order valence-electron chi connectivity index (χ2n) is 3.66. The molecule has 1 aliphatic rings. The Kier molecular flexibility index (Phi) is 3.36. The van der Waals surface area contributed by atoms with Gasteiger partial charge < -0.3 is 16.0 Å². The summed E-state index contributed by atoms with van der Waals surface area (Å²) >= 11 is 1.58. The van der Waals surface area contributed by atoms with Crippen LogP contribution in [0.2, 0.25) is 0 Å². The monoisotopic (exact) mass is 237 g/mol. The number of nitrogens with zero attached hydrogens (tertiary/aromatic N) is 1. The van der Waals surface area contributed by atoms with Crippen LogP contribution in [0.25, 0.3) is 0 Å². The lowest BCUT2D eigenvalue weighted by molar-refractivity contribution is -0.116. The first kappa shape index (κ1) is 11.3. The summed E-state index contributed by atoms with van der Waals surface area (Å²) < 4.78 is 0. The summed E-state index contributed by atoms with van der Waals surface area (Å²) in [6, 6.07) is 5.72. The fourth-order valence-electron chi connectivity index (χ4n) is 1.69. The number of hydrogen-bond acceptors (Lipinski definition) is 4. The van der Waals surface area contributed by atoms with E-state index in [2.05, 4.69) is 5.32 Å². The third-order valence-electron chi connectivity index (χ3n) is 2.51.